The molecule has 0 unspecified atom stereocenters. The van der Waals surface area contributed by atoms with Gasteiger partial charge in [0.1, 0.15) is 5.82 Å². The molecule has 0 fully saturated rings. The molecule has 1 aromatic heterocycles. The van der Waals surface area contributed by atoms with E-state index in [-0.39, 0.29) is 5.91 Å². The zero-order chi connectivity index (χ0) is 15.0. The van der Waals surface area contributed by atoms with E-state index in [1.807, 2.05) is 30.3 Å². The molecule has 0 radical (unpaired) electrons. The van der Waals surface area contributed by atoms with Crippen LogP contribution in [0, 0.1) is 5.82 Å². The fourth-order valence-corrected chi connectivity index (χ4v) is 2.62. The van der Waals surface area contributed by atoms with Crippen LogP contribution in [0.2, 0.25) is 0 Å². The molecule has 3 aromatic rings. The number of nitrogens with one attached hydrogen (secondary N) is 2. The maximum absolute atomic E-state index is 13.7. The number of aromatic nitrogens is 1. The number of benzene rings is 2. The highest BCUT2D eigenvalue weighted by atomic mass is 79.9. The number of carbonyl (C=O) groups excluding carboxylic acids is 1. The van der Waals surface area contributed by atoms with Crippen LogP contribution in [0.3, 0.4) is 0 Å². The minimum Gasteiger partial charge on any atom is -0.354 e. The van der Waals surface area contributed by atoms with Crippen molar-refractivity contribution >= 4 is 38.4 Å². The normalized spacial score (nSPS) is 10.8. The Labute approximate surface area is 129 Å². The first-order chi connectivity index (χ1) is 10.0. The maximum atomic E-state index is 13.7. The Morgan fingerprint density at radius 3 is 2.71 bits per heavy atom. The molecule has 0 saturated heterocycles. The topological polar surface area (TPSA) is 44.9 Å². The Hall–Kier alpha value is -2.14. The van der Waals surface area contributed by atoms with Gasteiger partial charge in [-0.05, 0) is 40.2 Å². The fraction of sp³-hybridized carbons (Fsp3) is 0.0625. The first kappa shape index (κ1) is 13.8. The summed E-state index contributed by atoms with van der Waals surface area (Å²) in [4.78, 5) is 14.6. The Kier molecular flexibility index (Phi) is 3.51. The molecule has 2 N–H and O–H groups in total. The van der Waals surface area contributed by atoms with Crippen molar-refractivity contribution in [3.63, 3.8) is 0 Å². The van der Waals surface area contributed by atoms with Crippen LogP contribution in [0.25, 0.3) is 22.2 Å². The minimum absolute atomic E-state index is 0.242. The molecule has 3 nitrogen and oxygen atoms in total. The second-order valence-electron chi connectivity index (χ2n) is 4.76. The Morgan fingerprint density at radius 1 is 1.24 bits per heavy atom. The van der Waals surface area contributed by atoms with Gasteiger partial charge in [-0.25, -0.2) is 4.39 Å². The van der Waals surface area contributed by atoms with Gasteiger partial charge >= 0.3 is 0 Å². The summed E-state index contributed by atoms with van der Waals surface area (Å²) in [5.41, 5.74) is 2.98. The summed E-state index contributed by atoms with van der Waals surface area (Å²) in [7, 11) is 0. The lowest BCUT2D eigenvalue weighted by molar-refractivity contribution is -0.114. The summed E-state index contributed by atoms with van der Waals surface area (Å²) in [6.07, 6.45) is 0. The lowest BCUT2D eigenvalue weighted by atomic mass is 10.1. The smallest absolute Gasteiger partial charge is 0.221 e. The average molecular weight is 347 g/mol. The summed E-state index contributed by atoms with van der Waals surface area (Å²) >= 11 is 3.19. The number of H-pyrrole nitrogens is 1. The molecule has 0 aliphatic rings. The summed E-state index contributed by atoms with van der Waals surface area (Å²) in [5.74, 6) is -0.660. The van der Waals surface area contributed by atoms with Crippen molar-refractivity contribution in [3.8, 4) is 11.3 Å². The molecular formula is C16H12BrFN2O. The number of halogens is 2. The molecule has 0 aliphatic heterocycles. The fourth-order valence-electron chi connectivity index (χ4n) is 2.28. The van der Waals surface area contributed by atoms with Gasteiger partial charge in [-0.15, -0.1) is 0 Å². The van der Waals surface area contributed by atoms with Crippen LogP contribution in [-0.2, 0) is 4.79 Å². The molecule has 1 heterocycles. The zero-order valence-corrected chi connectivity index (χ0v) is 12.8. The van der Waals surface area contributed by atoms with Gasteiger partial charge in [0.15, 0.2) is 0 Å². The molecular weight excluding hydrogens is 335 g/mol. The zero-order valence-electron chi connectivity index (χ0n) is 11.2. The number of amides is 1. The Balaban J connectivity index is 2.19. The van der Waals surface area contributed by atoms with Gasteiger partial charge in [0.25, 0.3) is 0 Å². The van der Waals surface area contributed by atoms with Crippen molar-refractivity contribution in [1.82, 2.24) is 4.98 Å². The number of para-hydroxylation sites is 1. The van der Waals surface area contributed by atoms with Gasteiger partial charge < -0.3 is 10.3 Å². The van der Waals surface area contributed by atoms with E-state index in [9.17, 15) is 9.18 Å². The number of hydrogen-bond acceptors (Lipinski definition) is 1. The van der Waals surface area contributed by atoms with E-state index < -0.39 is 5.82 Å². The van der Waals surface area contributed by atoms with E-state index in [2.05, 4.69) is 26.2 Å². The summed E-state index contributed by atoms with van der Waals surface area (Å²) < 4.78 is 14.1. The molecule has 1 amide bonds. The van der Waals surface area contributed by atoms with Gasteiger partial charge in [0, 0.05) is 29.1 Å². The van der Waals surface area contributed by atoms with Crippen molar-refractivity contribution in [2.75, 3.05) is 5.32 Å². The molecule has 0 atom stereocenters. The van der Waals surface area contributed by atoms with Crippen LogP contribution < -0.4 is 5.32 Å². The third-order valence-electron chi connectivity index (χ3n) is 3.19. The quantitative estimate of drug-likeness (QED) is 0.694. The third kappa shape index (κ3) is 2.69. The van der Waals surface area contributed by atoms with Gasteiger partial charge in [0.2, 0.25) is 5.91 Å². The number of rotatable bonds is 2. The molecule has 106 valence electrons. The lowest BCUT2D eigenvalue weighted by Crippen LogP contribution is -2.07. The van der Waals surface area contributed by atoms with E-state index in [0.717, 1.165) is 22.2 Å². The number of carbonyl (C=O) groups is 1. The molecule has 0 spiro atoms. The SMILES string of the molecule is CC(=O)Nc1cc(F)c(Br)cc1-c1cc2ccccc2[nH]1. The van der Waals surface area contributed by atoms with Crippen LogP contribution in [0.15, 0.2) is 46.9 Å². The van der Waals surface area contributed by atoms with E-state index in [4.69, 9.17) is 0 Å². The van der Waals surface area contributed by atoms with Crippen molar-refractivity contribution < 1.29 is 9.18 Å². The minimum atomic E-state index is -0.418. The van der Waals surface area contributed by atoms with Crippen LogP contribution in [0.5, 0.6) is 0 Å². The van der Waals surface area contributed by atoms with E-state index in [1.165, 1.54) is 13.0 Å². The second-order valence-corrected chi connectivity index (χ2v) is 5.62. The predicted octanol–water partition coefficient (Wildman–Crippen LogP) is 4.69. The highest BCUT2D eigenvalue weighted by molar-refractivity contribution is 9.10. The van der Waals surface area contributed by atoms with Crippen LogP contribution in [0.1, 0.15) is 6.92 Å². The summed E-state index contributed by atoms with van der Waals surface area (Å²) in [6.45, 7) is 1.40. The molecule has 5 heteroatoms. The highest BCUT2D eigenvalue weighted by Crippen LogP contribution is 2.34. The van der Waals surface area contributed by atoms with Gasteiger partial charge in [-0.1, -0.05) is 18.2 Å². The van der Waals surface area contributed by atoms with Crippen LogP contribution in [0.4, 0.5) is 10.1 Å². The molecule has 2 aromatic carbocycles. The maximum Gasteiger partial charge on any atom is 0.221 e. The lowest BCUT2D eigenvalue weighted by Gasteiger charge is -2.10. The summed E-state index contributed by atoms with van der Waals surface area (Å²) in [5, 5.41) is 3.72. The number of anilines is 1. The van der Waals surface area contributed by atoms with Crippen molar-refractivity contribution in [2.45, 2.75) is 6.92 Å². The number of fused-ring (bicyclic) bond motifs is 1. The van der Waals surface area contributed by atoms with Crippen molar-refractivity contribution in [1.29, 1.82) is 0 Å². The molecule has 3 rings (SSSR count). The van der Waals surface area contributed by atoms with Gasteiger partial charge in [-0.3, -0.25) is 4.79 Å². The Morgan fingerprint density at radius 2 is 2.00 bits per heavy atom. The van der Waals surface area contributed by atoms with E-state index in [1.54, 1.807) is 6.07 Å². The summed E-state index contributed by atoms with van der Waals surface area (Å²) in [6, 6.07) is 12.8. The average Bonchev–Trinajstić information content (AvgIpc) is 2.85. The van der Waals surface area contributed by atoms with Crippen LogP contribution >= 0.6 is 15.9 Å². The predicted molar refractivity (Wildman–Crippen MR) is 85.7 cm³/mol. The number of aromatic amines is 1. The Bertz CT molecular complexity index is 808. The van der Waals surface area contributed by atoms with Gasteiger partial charge in [0.05, 0.1) is 10.2 Å². The van der Waals surface area contributed by atoms with Gasteiger partial charge in [-0.2, -0.15) is 0 Å². The third-order valence-corrected chi connectivity index (χ3v) is 3.80. The second kappa shape index (κ2) is 5.33. The molecule has 0 aliphatic carbocycles. The largest absolute Gasteiger partial charge is 0.354 e. The standard InChI is InChI=1S/C16H12BrFN2O/c1-9(21)19-16-8-13(18)12(17)7-11(16)15-6-10-4-2-3-5-14(10)20-15/h2-8,20H,1H3,(H,19,21). The first-order valence-electron chi connectivity index (χ1n) is 6.39. The molecule has 0 bridgehead atoms. The monoisotopic (exact) mass is 346 g/mol. The number of hydrogen-bond donors (Lipinski definition) is 2. The van der Waals surface area contributed by atoms with Crippen molar-refractivity contribution in [2.24, 2.45) is 0 Å². The first-order valence-corrected chi connectivity index (χ1v) is 7.18. The highest BCUT2D eigenvalue weighted by Gasteiger charge is 2.13. The van der Waals surface area contributed by atoms with Crippen LogP contribution in [-0.4, -0.2) is 10.9 Å². The molecule has 0 saturated carbocycles. The van der Waals surface area contributed by atoms with E-state index in [0.29, 0.717) is 10.2 Å². The van der Waals surface area contributed by atoms with Crippen molar-refractivity contribution in [3.05, 3.63) is 52.8 Å². The van der Waals surface area contributed by atoms with E-state index >= 15 is 0 Å². The molecule has 21 heavy (non-hydrogen) atoms.